The second-order valence-corrected chi connectivity index (χ2v) is 7.04. The van der Waals surface area contributed by atoms with Crippen molar-refractivity contribution in [2.45, 2.75) is 12.8 Å². The van der Waals surface area contributed by atoms with Crippen molar-refractivity contribution in [1.82, 2.24) is 20.2 Å². The first-order valence-electron chi connectivity index (χ1n) is 9.12. The van der Waals surface area contributed by atoms with E-state index in [1.165, 1.54) is 0 Å². The minimum absolute atomic E-state index is 0.196. The summed E-state index contributed by atoms with van der Waals surface area (Å²) in [5.74, 6) is 1.46. The van der Waals surface area contributed by atoms with Crippen molar-refractivity contribution in [2.75, 3.05) is 45.2 Å². The van der Waals surface area contributed by atoms with Crippen LogP contribution in [0.15, 0.2) is 42.7 Å². The van der Waals surface area contributed by atoms with Gasteiger partial charge in [0, 0.05) is 52.0 Å². The van der Waals surface area contributed by atoms with Crippen LogP contribution in [0.5, 0.6) is 0 Å². The Balaban J connectivity index is 1.63. The average Bonchev–Trinajstić information content (AvgIpc) is 2.88. The van der Waals surface area contributed by atoms with Gasteiger partial charge in [0.05, 0.1) is 6.42 Å². The SMILES string of the molecule is CN(C)c1cc(C[C@@H]2CNCCN(C(=O)Cc3ccccc3)C2)ncn1. The smallest absolute Gasteiger partial charge is 0.227 e. The van der Waals surface area contributed by atoms with Gasteiger partial charge < -0.3 is 15.1 Å². The van der Waals surface area contributed by atoms with E-state index in [1.54, 1.807) is 6.33 Å². The molecule has 0 bridgehead atoms. The summed E-state index contributed by atoms with van der Waals surface area (Å²) in [6, 6.07) is 12.0. The Bertz CT molecular complexity index is 719. The van der Waals surface area contributed by atoms with Crippen LogP contribution >= 0.6 is 0 Å². The van der Waals surface area contributed by atoms with E-state index in [1.807, 2.05) is 60.3 Å². The minimum Gasteiger partial charge on any atom is -0.363 e. The van der Waals surface area contributed by atoms with Crippen molar-refractivity contribution >= 4 is 11.7 Å². The lowest BCUT2D eigenvalue weighted by molar-refractivity contribution is -0.130. The van der Waals surface area contributed by atoms with Gasteiger partial charge in [-0.25, -0.2) is 9.97 Å². The Morgan fingerprint density at radius 1 is 1.27 bits per heavy atom. The number of rotatable bonds is 5. The fraction of sp³-hybridized carbons (Fsp3) is 0.450. The zero-order valence-electron chi connectivity index (χ0n) is 15.6. The normalized spacial score (nSPS) is 17.6. The predicted octanol–water partition coefficient (Wildman–Crippen LogP) is 1.38. The van der Waals surface area contributed by atoms with Gasteiger partial charge in [0.15, 0.2) is 0 Å². The molecule has 138 valence electrons. The molecule has 1 aromatic heterocycles. The van der Waals surface area contributed by atoms with Gasteiger partial charge in [-0.3, -0.25) is 4.79 Å². The summed E-state index contributed by atoms with van der Waals surface area (Å²) in [5.41, 5.74) is 2.09. The topological polar surface area (TPSA) is 61.4 Å². The number of aromatic nitrogens is 2. The predicted molar refractivity (Wildman–Crippen MR) is 103 cm³/mol. The van der Waals surface area contributed by atoms with Crippen LogP contribution in [-0.2, 0) is 17.6 Å². The molecule has 26 heavy (non-hydrogen) atoms. The first-order valence-corrected chi connectivity index (χ1v) is 9.12. The Kier molecular flexibility index (Phi) is 6.17. The van der Waals surface area contributed by atoms with E-state index >= 15 is 0 Å². The maximum Gasteiger partial charge on any atom is 0.227 e. The lowest BCUT2D eigenvalue weighted by Crippen LogP contribution is -2.37. The maximum atomic E-state index is 12.7. The van der Waals surface area contributed by atoms with E-state index in [0.717, 1.165) is 49.7 Å². The highest BCUT2D eigenvalue weighted by atomic mass is 16.2. The second-order valence-electron chi connectivity index (χ2n) is 7.04. The quantitative estimate of drug-likeness (QED) is 0.880. The molecule has 0 unspecified atom stereocenters. The van der Waals surface area contributed by atoms with E-state index in [-0.39, 0.29) is 5.91 Å². The van der Waals surface area contributed by atoms with Gasteiger partial charge in [0.1, 0.15) is 12.1 Å². The lowest BCUT2D eigenvalue weighted by Gasteiger charge is -2.24. The number of amides is 1. The summed E-state index contributed by atoms with van der Waals surface area (Å²) >= 11 is 0. The van der Waals surface area contributed by atoms with Gasteiger partial charge in [-0.1, -0.05) is 30.3 Å². The molecular formula is C20H27N5O. The number of carbonyl (C=O) groups is 1. The van der Waals surface area contributed by atoms with Crippen LogP contribution in [0.2, 0.25) is 0 Å². The van der Waals surface area contributed by atoms with Crippen LogP contribution in [0.4, 0.5) is 5.82 Å². The molecule has 1 saturated heterocycles. The summed E-state index contributed by atoms with van der Waals surface area (Å²) in [6.45, 7) is 3.26. The van der Waals surface area contributed by atoms with Crippen molar-refractivity contribution in [3.63, 3.8) is 0 Å². The Morgan fingerprint density at radius 2 is 2.08 bits per heavy atom. The molecule has 0 radical (unpaired) electrons. The molecule has 1 aromatic carbocycles. The highest BCUT2D eigenvalue weighted by Crippen LogP contribution is 2.15. The Labute approximate surface area is 155 Å². The monoisotopic (exact) mass is 353 g/mol. The number of anilines is 1. The Hall–Kier alpha value is -2.47. The van der Waals surface area contributed by atoms with Crippen molar-refractivity contribution in [3.05, 3.63) is 54.0 Å². The maximum absolute atomic E-state index is 12.7. The molecule has 2 aromatic rings. The van der Waals surface area contributed by atoms with Gasteiger partial charge in [-0.2, -0.15) is 0 Å². The molecule has 6 heteroatoms. The minimum atomic E-state index is 0.196. The first-order chi connectivity index (χ1) is 12.6. The van der Waals surface area contributed by atoms with Gasteiger partial charge in [-0.15, -0.1) is 0 Å². The van der Waals surface area contributed by atoms with Crippen LogP contribution in [-0.4, -0.2) is 61.0 Å². The molecule has 1 N–H and O–H groups in total. The number of benzene rings is 1. The van der Waals surface area contributed by atoms with E-state index in [2.05, 4.69) is 15.3 Å². The molecule has 6 nitrogen and oxygen atoms in total. The summed E-state index contributed by atoms with van der Waals surface area (Å²) < 4.78 is 0. The van der Waals surface area contributed by atoms with E-state index in [9.17, 15) is 4.79 Å². The third kappa shape index (κ3) is 5.02. The molecule has 2 heterocycles. The molecule has 1 amide bonds. The second kappa shape index (κ2) is 8.76. The number of hydrogen-bond donors (Lipinski definition) is 1. The van der Waals surface area contributed by atoms with Gasteiger partial charge in [-0.05, 0) is 17.9 Å². The number of hydrogen-bond acceptors (Lipinski definition) is 5. The summed E-state index contributed by atoms with van der Waals surface area (Å²) in [4.78, 5) is 25.4. The number of nitrogens with one attached hydrogen (secondary N) is 1. The van der Waals surface area contributed by atoms with Crippen molar-refractivity contribution in [2.24, 2.45) is 5.92 Å². The van der Waals surface area contributed by atoms with Crippen LogP contribution in [0.25, 0.3) is 0 Å². The molecule has 1 aliphatic heterocycles. The summed E-state index contributed by atoms with van der Waals surface area (Å²) in [5, 5.41) is 3.46. The van der Waals surface area contributed by atoms with Crippen molar-refractivity contribution < 1.29 is 4.79 Å². The van der Waals surface area contributed by atoms with Crippen LogP contribution in [0.3, 0.4) is 0 Å². The molecule has 0 aliphatic carbocycles. The highest BCUT2D eigenvalue weighted by Gasteiger charge is 2.22. The van der Waals surface area contributed by atoms with Crippen LogP contribution in [0.1, 0.15) is 11.3 Å². The van der Waals surface area contributed by atoms with Gasteiger partial charge >= 0.3 is 0 Å². The van der Waals surface area contributed by atoms with E-state index in [4.69, 9.17) is 0 Å². The standard InChI is InChI=1S/C20H27N5O/c1-24(2)19-12-18(22-15-23-19)10-17-13-21-8-9-25(14-17)20(26)11-16-6-4-3-5-7-16/h3-7,12,15,17,21H,8-11,13-14H2,1-2H3/t17-/m1/s1. The average molecular weight is 353 g/mol. The molecule has 1 fully saturated rings. The highest BCUT2D eigenvalue weighted by molar-refractivity contribution is 5.78. The zero-order chi connectivity index (χ0) is 18.4. The molecule has 3 rings (SSSR count). The molecule has 0 spiro atoms. The van der Waals surface area contributed by atoms with Gasteiger partial charge in [0.2, 0.25) is 5.91 Å². The number of nitrogens with zero attached hydrogens (tertiary/aromatic N) is 4. The van der Waals surface area contributed by atoms with E-state index in [0.29, 0.717) is 12.3 Å². The van der Waals surface area contributed by atoms with Crippen molar-refractivity contribution in [3.8, 4) is 0 Å². The zero-order valence-corrected chi connectivity index (χ0v) is 15.6. The third-order valence-electron chi connectivity index (χ3n) is 4.69. The van der Waals surface area contributed by atoms with Crippen molar-refractivity contribution in [1.29, 1.82) is 0 Å². The van der Waals surface area contributed by atoms with E-state index < -0.39 is 0 Å². The molecule has 0 saturated carbocycles. The van der Waals surface area contributed by atoms with Crippen LogP contribution < -0.4 is 10.2 Å². The first kappa shape index (κ1) is 18.3. The fourth-order valence-corrected chi connectivity index (χ4v) is 3.27. The lowest BCUT2D eigenvalue weighted by atomic mass is 10.0. The Morgan fingerprint density at radius 3 is 2.85 bits per heavy atom. The third-order valence-corrected chi connectivity index (χ3v) is 4.69. The molecular weight excluding hydrogens is 326 g/mol. The number of carbonyl (C=O) groups excluding carboxylic acids is 1. The fourth-order valence-electron chi connectivity index (χ4n) is 3.27. The van der Waals surface area contributed by atoms with Gasteiger partial charge in [0.25, 0.3) is 0 Å². The largest absolute Gasteiger partial charge is 0.363 e. The summed E-state index contributed by atoms with van der Waals surface area (Å²) in [6.07, 6.45) is 2.92. The summed E-state index contributed by atoms with van der Waals surface area (Å²) in [7, 11) is 3.95. The molecule has 1 aliphatic rings. The van der Waals surface area contributed by atoms with Crippen LogP contribution in [0, 0.1) is 5.92 Å². The molecule has 1 atom stereocenters.